The maximum Gasteiger partial charge on any atom is 0.237 e. The zero-order valence-electron chi connectivity index (χ0n) is 9.10. The minimum Gasteiger partial charge on any atom is -0.347 e. The minimum atomic E-state index is -0.434. The number of rotatable bonds is 4. The molecule has 1 aromatic heterocycles. The van der Waals surface area contributed by atoms with Crippen LogP contribution in [0.15, 0.2) is 24.4 Å². The molecule has 4 nitrogen and oxygen atoms in total. The van der Waals surface area contributed by atoms with E-state index in [1.54, 1.807) is 6.20 Å². The van der Waals surface area contributed by atoms with E-state index in [2.05, 4.69) is 10.3 Å². The van der Waals surface area contributed by atoms with Crippen molar-refractivity contribution in [1.82, 2.24) is 10.3 Å². The highest BCUT2D eigenvalue weighted by atomic mass is 16.2. The maximum atomic E-state index is 11.5. The van der Waals surface area contributed by atoms with Crippen molar-refractivity contribution in [2.24, 2.45) is 5.73 Å². The molecule has 1 unspecified atom stereocenters. The number of hydrogen-bond donors (Lipinski definition) is 2. The van der Waals surface area contributed by atoms with Crippen LogP contribution < -0.4 is 11.1 Å². The van der Waals surface area contributed by atoms with Gasteiger partial charge in [-0.25, -0.2) is 0 Å². The Kier molecular flexibility index (Phi) is 4.24. The third-order valence-electron chi connectivity index (χ3n) is 2.27. The van der Waals surface area contributed by atoms with Crippen LogP contribution >= 0.6 is 0 Å². The SMILES string of the molecule is CCC(N)C(=O)N[C@H](C)c1ccccn1. The summed E-state index contributed by atoms with van der Waals surface area (Å²) in [5, 5.41) is 2.82. The highest BCUT2D eigenvalue weighted by molar-refractivity contribution is 5.81. The first kappa shape index (κ1) is 11.7. The number of nitrogens with one attached hydrogen (secondary N) is 1. The van der Waals surface area contributed by atoms with Crippen LogP contribution in [0.1, 0.15) is 32.0 Å². The van der Waals surface area contributed by atoms with Crippen molar-refractivity contribution in [3.63, 3.8) is 0 Å². The van der Waals surface area contributed by atoms with Crippen molar-refractivity contribution in [3.8, 4) is 0 Å². The molecule has 0 aliphatic heterocycles. The van der Waals surface area contributed by atoms with Gasteiger partial charge in [-0.2, -0.15) is 0 Å². The van der Waals surface area contributed by atoms with Gasteiger partial charge in [0.15, 0.2) is 0 Å². The van der Waals surface area contributed by atoms with Crippen LogP contribution in [0.3, 0.4) is 0 Å². The molecule has 0 fully saturated rings. The quantitative estimate of drug-likeness (QED) is 0.773. The number of aromatic nitrogens is 1. The third kappa shape index (κ3) is 3.32. The van der Waals surface area contributed by atoms with Gasteiger partial charge < -0.3 is 11.1 Å². The van der Waals surface area contributed by atoms with E-state index in [0.717, 1.165) is 5.69 Å². The Bertz CT molecular complexity index is 313. The summed E-state index contributed by atoms with van der Waals surface area (Å²) in [6.45, 7) is 3.78. The maximum absolute atomic E-state index is 11.5. The number of nitrogens with zero attached hydrogens (tertiary/aromatic N) is 1. The monoisotopic (exact) mass is 207 g/mol. The summed E-state index contributed by atoms with van der Waals surface area (Å²) in [6.07, 6.45) is 2.35. The first-order valence-electron chi connectivity index (χ1n) is 5.12. The number of hydrogen-bond acceptors (Lipinski definition) is 3. The Morgan fingerprint density at radius 1 is 1.60 bits per heavy atom. The largest absolute Gasteiger partial charge is 0.347 e. The topological polar surface area (TPSA) is 68.0 Å². The fourth-order valence-electron chi connectivity index (χ4n) is 1.21. The Labute approximate surface area is 89.9 Å². The highest BCUT2D eigenvalue weighted by Crippen LogP contribution is 2.07. The average molecular weight is 207 g/mol. The van der Waals surface area contributed by atoms with Crippen LogP contribution in [-0.2, 0) is 4.79 Å². The summed E-state index contributed by atoms with van der Waals surface area (Å²) in [4.78, 5) is 15.7. The molecule has 0 saturated carbocycles. The molecule has 0 bridgehead atoms. The van der Waals surface area contributed by atoms with Gasteiger partial charge in [0.25, 0.3) is 0 Å². The van der Waals surface area contributed by atoms with E-state index in [-0.39, 0.29) is 11.9 Å². The van der Waals surface area contributed by atoms with E-state index in [9.17, 15) is 4.79 Å². The summed E-state index contributed by atoms with van der Waals surface area (Å²) in [5.41, 5.74) is 6.45. The predicted molar refractivity (Wildman–Crippen MR) is 59.1 cm³/mol. The molecule has 0 aliphatic rings. The van der Waals surface area contributed by atoms with E-state index < -0.39 is 6.04 Å². The fourth-order valence-corrected chi connectivity index (χ4v) is 1.21. The molecule has 1 rings (SSSR count). The first-order chi connectivity index (χ1) is 7.15. The fraction of sp³-hybridized carbons (Fsp3) is 0.455. The van der Waals surface area contributed by atoms with E-state index in [1.165, 1.54) is 0 Å². The van der Waals surface area contributed by atoms with Crippen LogP contribution in [0.5, 0.6) is 0 Å². The van der Waals surface area contributed by atoms with Crippen LogP contribution in [0.4, 0.5) is 0 Å². The Morgan fingerprint density at radius 3 is 2.87 bits per heavy atom. The van der Waals surface area contributed by atoms with E-state index in [1.807, 2.05) is 32.0 Å². The molecule has 0 aromatic carbocycles. The molecule has 15 heavy (non-hydrogen) atoms. The highest BCUT2D eigenvalue weighted by Gasteiger charge is 2.14. The third-order valence-corrected chi connectivity index (χ3v) is 2.27. The van der Waals surface area contributed by atoms with E-state index in [0.29, 0.717) is 6.42 Å². The molecule has 0 aliphatic carbocycles. The van der Waals surface area contributed by atoms with Gasteiger partial charge in [-0.1, -0.05) is 13.0 Å². The van der Waals surface area contributed by atoms with Gasteiger partial charge in [0, 0.05) is 6.20 Å². The summed E-state index contributed by atoms with van der Waals surface area (Å²) < 4.78 is 0. The lowest BCUT2D eigenvalue weighted by atomic mass is 10.2. The number of amides is 1. The van der Waals surface area contributed by atoms with Crippen molar-refractivity contribution in [1.29, 1.82) is 0 Å². The lowest BCUT2D eigenvalue weighted by Gasteiger charge is -2.15. The summed E-state index contributed by atoms with van der Waals surface area (Å²) in [6, 6.07) is 5.08. The summed E-state index contributed by atoms with van der Waals surface area (Å²) in [7, 11) is 0. The van der Waals surface area contributed by atoms with Gasteiger partial charge in [0.2, 0.25) is 5.91 Å². The molecule has 4 heteroatoms. The van der Waals surface area contributed by atoms with Crippen molar-refractivity contribution in [3.05, 3.63) is 30.1 Å². The second kappa shape index (κ2) is 5.46. The lowest BCUT2D eigenvalue weighted by Crippen LogP contribution is -2.41. The molecule has 1 amide bonds. The lowest BCUT2D eigenvalue weighted by molar-refractivity contribution is -0.123. The molecule has 82 valence electrons. The van der Waals surface area contributed by atoms with Crippen molar-refractivity contribution in [2.75, 3.05) is 0 Å². The van der Waals surface area contributed by atoms with Crippen LogP contribution in [0.25, 0.3) is 0 Å². The smallest absolute Gasteiger partial charge is 0.237 e. The van der Waals surface area contributed by atoms with Gasteiger partial charge in [0.05, 0.1) is 17.8 Å². The molecule has 1 heterocycles. The Balaban J connectivity index is 2.56. The second-order valence-electron chi connectivity index (χ2n) is 3.50. The summed E-state index contributed by atoms with van der Waals surface area (Å²) >= 11 is 0. The predicted octanol–water partition coefficient (Wildman–Crippen LogP) is 0.996. The van der Waals surface area contributed by atoms with Crippen LogP contribution in [-0.4, -0.2) is 16.9 Å². The molecule has 3 N–H and O–H groups in total. The zero-order chi connectivity index (χ0) is 11.3. The molecular weight excluding hydrogens is 190 g/mol. The molecule has 0 radical (unpaired) electrons. The second-order valence-corrected chi connectivity index (χ2v) is 3.50. The Hall–Kier alpha value is -1.42. The van der Waals surface area contributed by atoms with Crippen LogP contribution in [0, 0.1) is 0 Å². The first-order valence-corrected chi connectivity index (χ1v) is 5.12. The number of carbonyl (C=O) groups excluding carboxylic acids is 1. The molecule has 1 aromatic rings. The van der Waals surface area contributed by atoms with Gasteiger partial charge in [-0.3, -0.25) is 9.78 Å². The van der Waals surface area contributed by atoms with Crippen LogP contribution in [0.2, 0.25) is 0 Å². The molecule has 2 atom stereocenters. The molecule has 0 saturated heterocycles. The van der Waals surface area contributed by atoms with Gasteiger partial charge in [-0.05, 0) is 25.5 Å². The zero-order valence-corrected chi connectivity index (χ0v) is 9.10. The van der Waals surface area contributed by atoms with Gasteiger partial charge in [-0.15, -0.1) is 0 Å². The number of pyridine rings is 1. The van der Waals surface area contributed by atoms with E-state index >= 15 is 0 Å². The standard InChI is InChI=1S/C11H17N3O/c1-3-9(12)11(15)14-8(2)10-6-4-5-7-13-10/h4-9H,3,12H2,1-2H3,(H,14,15)/t8-,9?/m1/s1. The van der Waals surface area contributed by atoms with Crippen molar-refractivity contribution in [2.45, 2.75) is 32.4 Å². The molecule has 0 spiro atoms. The average Bonchev–Trinajstić information content (AvgIpc) is 2.29. The minimum absolute atomic E-state index is 0.101. The normalized spacial score (nSPS) is 14.3. The van der Waals surface area contributed by atoms with Gasteiger partial charge >= 0.3 is 0 Å². The molecular formula is C11H17N3O. The van der Waals surface area contributed by atoms with Gasteiger partial charge in [0.1, 0.15) is 0 Å². The van der Waals surface area contributed by atoms with Crippen molar-refractivity contribution >= 4 is 5.91 Å². The van der Waals surface area contributed by atoms with E-state index in [4.69, 9.17) is 5.73 Å². The Morgan fingerprint density at radius 2 is 2.33 bits per heavy atom. The number of carbonyl (C=O) groups is 1. The summed E-state index contributed by atoms with van der Waals surface area (Å²) in [5.74, 6) is -0.129. The van der Waals surface area contributed by atoms with Crippen molar-refractivity contribution < 1.29 is 4.79 Å². The number of nitrogens with two attached hydrogens (primary N) is 1.